The SMILES string of the molecule is CCCC1(C(=O)O)CCCN(C(=O)[C@@H](N)[C@@H](C)CC)C1. The van der Waals surface area contributed by atoms with E-state index >= 15 is 0 Å². The van der Waals surface area contributed by atoms with E-state index in [1.54, 1.807) is 4.90 Å². The van der Waals surface area contributed by atoms with Crippen LogP contribution in [0, 0.1) is 11.3 Å². The van der Waals surface area contributed by atoms with Crippen molar-refractivity contribution >= 4 is 11.9 Å². The van der Waals surface area contributed by atoms with Gasteiger partial charge in [-0.1, -0.05) is 33.6 Å². The molecule has 0 radical (unpaired) electrons. The van der Waals surface area contributed by atoms with E-state index in [9.17, 15) is 14.7 Å². The lowest BCUT2D eigenvalue weighted by atomic mass is 9.76. The van der Waals surface area contributed by atoms with Crippen LogP contribution in [0.5, 0.6) is 0 Å². The number of carbonyl (C=O) groups excluding carboxylic acids is 1. The molecule has 5 heteroatoms. The summed E-state index contributed by atoms with van der Waals surface area (Å²) in [5.74, 6) is -0.760. The molecular formula is C15H28N2O3. The van der Waals surface area contributed by atoms with Gasteiger partial charge in [-0.3, -0.25) is 9.59 Å². The second-order valence-electron chi connectivity index (χ2n) is 6.11. The van der Waals surface area contributed by atoms with E-state index in [0.29, 0.717) is 25.9 Å². The highest BCUT2D eigenvalue weighted by Gasteiger charge is 2.43. The summed E-state index contributed by atoms with van der Waals surface area (Å²) < 4.78 is 0. The zero-order valence-corrected chi connectivity index (χ0v) is 12.9. The Labute approximate surface area is 121 Å². The van der Waals surface area contributed by atoms with Crippen molar-refractivity contribution in [2.45, 2.75) is 58.9 Å². The van der Waals surface area contributed by atoms with Crippen molar-refractivity contribution in [3.8, 4) is 0 Å². The third-order valence-electron chi connectivity index (χ3n) is 4.61. The molecule has 3 N–H and O–H groups in total. The highest BCUT2D eigenvalue weighted by Crippen LogP contribution is 2.35. The molecule has 116 valence electrons. The van der Waals surface area contributed by atoms with Gasteiger partial charge in [0.1, 0.15) is 0 Å². The molecule has 0 aromatic rings. The lowest BCUT2D eigenvalue weighted by molar-refractivity contribution is -0.156. The Balaban J connectivity index is 2.82. The molecule has 1 aliphatic heterocycles. The number of rotatable bonds is 6. The molecule has 0 aromatic heterocycles. The van der Waals surface area contributed by atoms with Crippen LogP contribution in [0.3, 0.4) is 0 Å². The van der Waals surface area contributed by atoms with Gasteiger partial charge in [0.25, 0.3) is 0 Å². The first-order chi connectivity index (χ1) is 9.38. The van der Waals surface area contributed by atoms with Crippen LogP contribution in [-0.4, -0.2) is 41.0 Å². The minimum absolute atomic E-state index is 0.0965. The average molecular weight is 284 g/mol. The van der Waals surface area contributed by atoms with E-state index < -0.39 is 17.4 Å². The van der Waals surface area contributed by atoms with Crippen molar-refractivity contribution in [2.24, 2.45) is 17.1 Å². The molecule has 0 saturated carbocycles. The van der Waals surface area contributed by atoms with Gasteiger partial charge in [-0.15, -0.1) is 0 Å². The molecular weight excluding hydrogens is 256 g/mol. The van der Waals surface area contributed by atoms with Crippen LogP contribution in [0.25, 0.3) is 0 Å². The highest BCUT2D eigenvalue weighted by atomic mass is 16.4. The lowest BCUT2D eigenvalue weighted by Gasteiger charge is -2.41. The number of aliphatic carboxylic acids is 1. The predicted octanol–water partition coefficient (Wildman–Crippen LogP) is 1.85. The van der Waals surface area contributed by atoms with Crippen LogP contribution in [-0.2, 0) is 9.59 Å². The molecule has 1 amide bonds. The Bertz CT molecular complexity index is 355. The van der Waals surface area contributed by atoms with Crippen molar-refractivity contribution in [1.29, 1.82) is 0 Å². The zero-order chi connectivity index (χ0) is 15.3. The molecule has 5 nitrogen and oxygen atoms in total. The van der Waals surface area contributed by atoms with Gasteiger partial charge in [-0.25, -0.2) is 0 Å². The monoisotopic (exact) mass is 284 g/mol. The summed E-state index contributed by atoms with van der Waals surface area (Å²) in [7, 11) is 0. The second-order valence-corrected chi connectivity index (χ2v) is 6.11. The number of hydrogen-bond donors (Lipinski definition) is 2. The number of likely N-dealkylation sites (tertiary alicyclic amines) is 1. The van der Waals surface area contributed by atoms with Crippen molar-refractivity contribution in [1.82, 2.24) is 4.90 Å². The third-order valence-corrected chi connectivity index (χ3v) is 4.61. The standard InChI is InChI=1S/C15H28N2O3/c1-4-7-15(14(19)20)8-6-9-17(10-15)13(18)12(16)11(3)5-2/h11-12H,4-10,16H2,1-3H3,(H,19,20)/t11-,12-,15?/m0/s1. The lowest BCUT2D eigenvalue weighted by Crippen LogP contribution is -2.55. The molecule has 1 fully saturated rings. The first-order valence-corrected chi connectivity index (χ1v) is 7.65. The quantitative estimate of drug-likeness (QED) is 0.779. The normalized spacial score (nSPS) is 26.1. The molecule has 20 heavy (non-hydrogen) atoms. The molecule has 1 rings (SSSR count). The van der Waals surface area contributed by atoms with Gasteiger partial charge < -0.3 is 15.7 Å². The fraction of sp³-hybridized carbons (Fsp3) is 0.867. The Morgan fingerprint density at radius 3 is 2.55 bits per heavy atom. The van der Waals surface area contributed by atoms with Gasteiger partial charge in [-0.2, -0.15) is 0 Å². The van der Waals surface area contributed by atoms with E-state index in [0.717, 1.165) is 19.3 Å². The fourth-order valence-corrected chi connectivity index (χ4v) is 2.99. The highest BCUT2D eigenvalue weighted by molar-refractivity contribution is 5.83. The Morgan fingerprint density at radius 2 is 2.05 bits per heavy atom. The van der Waals surface area contributed by atoms with E-state index in [-0.39, 0.29) is 11.8 Å². The summed E-state index contributed by atoms with van der Waals surface area (Å²) in [4.78, 5) is 25.7. The predicted molar refractivity (Wildman–Crippen MR) is 78.2 cm³/mol. The van der Waals surface area contributed by atoms with E-state index in [1.807, 2.05) is 20.8 Å². The van der Waals surface area contributed by atoms with Crippen LogP contribution in [0.15, 0.2) is 0 Å². The smallest absolute Gasteiger partial charge is 0.311 e. The number of amides is 1. The number of piperidine rings is 1. The number of carbonyl (C=O) groups is 2. The number of carboxylic acids is 1. The average Bonchev–Trinajstić information content (AvgIpc) is 2.45. The molecule has 3 atom stereocenters. The van der Waals surface area contributed by atoms with Gasteiger partial charge in [0.15, 0.2) is 0 Å². The summed E-state index contributed by atoms with van der Waals surface area (Å²) in [5.41, 5.74) is 5.22. The summed E-state index contributed by atoms with van der Waals surface area (Å²) in [6.07, 6.45) is 3.67. The van der Waals surface area contributed by atoms with E-state index in [2.05, 4.69) is 0 Å². The third kappa shape index (κ3) is 3.51. The summed E-state index contributed by atoms with van der Waals surface area (Å²) >= 11 is 0. The van der Waals surface area contributed by atoms with Crippen molar-refractivity contribution in [3.05, 3.63) is 0 Å². The molecule has 1 aliphatic rings. The fourth-order valence-electron chi connectivity index (χ4n) is 2.99. The Morgan fingerprint density at radius 1 is 1.40 bits per heavy atom. The zero-order valence-electron chi connectivity index (χ0n) is 12.9. The van der Waals surface area contributed by atoms with E-state index in [1.165, 1.54) is 0 Å². The molecule has 0 aliphatic carbocycles. The molecule has 0 aromatic carbocycles. The minimum atomic E-state index is -0.783. The van der Waals surface area contributed by atoms with Crippen LogP contribution >= 0.6 is 0 Å². The largest absolute Gasteiger partial charge is 0.481 e. The second kappa shape index (κ2) is 7.07. The number of carboxylic acid groups (broad SMARTS) is 1. The first-order valence-electron chi connectivity index (χ1n) is 7.65. The van der Waals surface area contributed by atoms with Crippen molar-refractivity contribution in [2.75, 3.05) is 13.1 Å². The summed E-state index contributed by atoms with van der Waals surface area (Å²) in [5, 5.41) is 9.54. The molecule has 0 spiro atoms. The van der Waals surface area contributed by atoms with E-state index in [4.69, 9.17) is 5.73 Å². The van der Waals surface area contributed by atoms with Crippen molar-refractivity contribution < 1.29 is 14.7 Å². The number of nitrogens with zero attached hydrogens (tertiary/aromatic N) is 1. The van der Waals surface area contributed by atoms with Crippen LogP contribution in [0.2, 0.25) is 0 Å². The maximum Gasteiger partial charge on any atom is 0.311 e. The summed E-state index contributed by atoms with van der Waals surface area (Å²) in [6, 6.07) is -0.522. The molecule has 1 unspecified atom stereocenters. The molecule has 1 heterocycles. The first kappa shape index (κ1) is 17.0. The minimum Gasteiger partial charge on any atom is -0.481 e. The van der Waals surface area contributed by atoms with Crippen LogP contribution in [0.4, 0.5) is 0 Å². The topological polar surface area (TPSA) is 83.6 Å². The van der Waals surface area contributed by atoms with Gasteiger partial charge >= 0.3 is 5.97 Å². The van der Waals surface area contributed by atoms with Gasteiger partial charge in [0.05, 0.1) is 11.5 Å². The van der Waals surface area contributed by atoms with Gasteiger partial charge in [0.2, 0.25) is 5.91 Å². The maximum atomic E-state index is 12.4. The summed E-state index contributed by atoms with van der Waals surface area (Å²) in [6.45, 7) is 6.88. The van der Waals surface area contributed by atoms with Gasteiger partial charge in [0, 0.05) is 13.1 Å². The number of nitrogens with two attached hydrogens (primary N) is 1. The maximum absolute atomic E-state index is 12.4. The molecule has 1 saturated heterocycles. The van der Waals surface area contributed by atoms with Crippen molar-refractivity contribution in [3.63, 3.8) is 0 Å². The van der Waals surface area contributed by atoms with Crippen LogP contribution < -0.4 is 5.73 Å². The molecule has 0 bridgehead atoms. The Kier molecular flexibility index (Phi) is 5.99. The van der Waals surface area contributed by atoms with Gasteiger partial charge in [-0.05, 0) is 25.2 Å². The Hall–Kier alpha value is -1.10. The van der Waals surface area contributed by atoms with Crippen LogP contribution in [0.1, 0.15) is 52.9 Å². The number of hydrogen-bond acceptors (Lipinski definition) is 3.